The number of benzene rings is 2. The highest BCUT2D eigenvalue weighted by Crippen LogP contribution is 2.38. The van der Waals surface area contributed by atoms with Crippen molar-refractivity contribution in [3.63, 3.8) is 0 Å². The van der Waals surface area contributed by atoms with Crippen molar-refractivity contribution in [1.29, 1.82) is 0 Å². The van der Waals surface area contributed by atoms with Crippen molar-refractivity contribution in [1.82, 2.24) is 4.90 Å². The van der Waals surface area contributed by atoms with Gasteiger partial charge >= 0.3 is 0 Å². The van der Waals surface area contributed by atoms with Crippen molar-refractivity contribution in [2.75, 3.05) is 20.2 Å². The van der Waals surface area contributed by atoms with Gasteiger partial charge in [0, 0.05) is 13.0 Å². The van der Waals surface area contributed by atoms with Crippen LogP contribution in [0.2, 0.25) is 0 Å². The fourth-order valence-corrected chi connectivity index (χ4v) is 3.92. The Morgan fingerprint density at radius 1 is 1.27 bits per heavy atom. The third-order valence-electron chi connectivity index (χ3n) is 5.42. The summed E-state index contributed by atoms with van der Waals surface area (Å²) in [6.45, 7) is 1.35. The van der Waals surface area contributed by atoms with Crippen LogP contribution < -0.4 is 9.47 Å². The van der Waals surface area contributed by atoms with Crippen LogP contribution in [0.4, 0.5) is 0 Å². The lowest BCUT2D eigenvalue weighted by atomic mass is 9.90. The predicted octanol–water partition coefficient (Wildman–Crippen LogP) is 2.94. The molecule has 0 aromatic heterocycles. The number of carbonyl (C=O) groups excluding carboxylic acids is 1. The standard InChI is InChI=1S/C21H23NO4/c1-25-19-12-15(6-7-17(19)23)13-20(24)22-11-10-21(14-22)9-8-16-4-2-3-5-18(16)26-21/h2-7,12,23H,8-11,13-14H2,1H3/t21-/m1/s1. The number of carbonyl (C=O) groups is 1. The minimum atomic E-state index is -0.253. The molecular formula is C21H23NO4. The highest BCUT2D eigenvalue weighted by Gasteiger charge is 2.43. The van der Waals surface area contributed by atoms with E-state index in [2.05, 4.69) is 6.07 Å². The average Bonchev–Trinajstić information content (AvgIpc) is 3.06. The van der Waals surface area contributed by atoms with Gasteiger partial charge in [0.15, 0.2) is 11.5 Å². The molecule has 2 aromatic carbocycles. The molecule has 136 valence electrons. The first-order chi connectivity index (χ1) is 12.6. The van der Waals surface area contributed by atoms with Gasteiger partial charge in [0.25, 0.3) is 0 Å². The van der Waals surface area contributed by atoms with Crippen molar-refractivity contribution < 1.29 is 19.4 Å². The lowest BCUT2D eigenvalue weighted by molar-refractivity contribution is -0.130. The van der Waals surface area contributed by atoms with Gasteiger partial charge in [0.1, 0.15) is 11.4 Å². The van der Waals surface area contributed by atoms with Gasteiger partial charge in [-0.15, -0.1) is 0 Å². The maximum absolute atomic E-state index is 12.7. The molecule has 0 bridgehead atoms. The smallest absolute Gasteiger partial charge is 0.227 e. The number of aryl methyl sites for hydroxylation is 1. The van der Waals surface area contributed by atoms with Gasteiger partial charge in [-0.3, -0.25) is 4.79 Å². The number of phenolic OH excluding ortho intramolecular Hbond substituents is 1. The molecule has 0 saturated carbocycles. The zero-order chi connectivity index (χ0) is 18.1. The fourth-order valence-electron chi connectivity index (χ4n) is 3.92. The zero-order valence-corrected chi connectivity index (χ0v) is 14.9. The fraction of sp³-hybridized carbons (Fsp3) is 0.381. The Bertz CT molecular complexity index is 835. The largest absolute Gasteiger partial charge is 0.504 e. The summed E-state index contributed by atoms with van der Waals surface area (Å²) in [4.78, 5) is 14.6. The van der Waals surface area contributed by atoms with Crippen LogP contribution in [-0.4, -0.2) is 41.7 Å². The van der Waals surface area contributed by atoms with Gasteiger partial charge in [0.2, 0.25) is 5.91 Å². The number of ether oxygens (including phenoxy) is 2. The number of nitrogens with zero attached hydrogens (tertiary/aromatic N) is 1. The van der Waals surface area contributed by atoms with Crippen LogP contribution in [0.5, 0.6) is 17.2 Å². The van der Waals surface area contributed by atoms with Crippen LogP contribution in [0.3, 0.4) is 0 Å². The van der Waals surface area contributed by atoms with Gasteiger partial charge < -0.3 is 19.5 Å². The number of aromatic hydroxyl groups is 1. The van der Waals surface area contributed by atoms with Gasteiger partial charge in [0.05, 0.1) is 20.1 Å². The molecule has 4 rings (SSSR count). The summed E-state index contributed by atoms with van der Waals surface area (Å²) < 4.78 is 11.4. The van der Waals surface area contributed by atoms with Crippen LogP contribution in [0.1, 0.15) is 24.0 Å². The second kappa shape index (κ2) is 6.56. The minimum absolute atomic E-state index is 0.0806. The quantitative estimate of drug-likeness (QED) is 0.922. The van der Waals surface area contributed by atoms with E-state index in [1.807, 2.05) is 23.1 Å². The van der Waals surface area contributed by atoms with Gasteiger partial charge in [-0.1, -0.05) is 24.3 Å². The van der Waals surface area contributed by atoms with E-state index in [1.54, 1.807) is 18.2 Å². The number of amides is 1. The molecule has 2 aromatic rings. The lowest BCUT2D eigenvalue weighted by Gasteiger charge is -2.35. The Hall–Kier alpha value is -2.69. The van der Waals surface area contributed by atoms with Crippen LogP contribution in [-0.2, 0) is 17.6 Å². The monoisotopic (exact) mass is 353 g/mol. The molecule has 5 heteroatoms. The summed E-state index contributed by atoms with van der Waals surface area (Å²) in [6, 6.07) is 13.2. The van der Waals surface area contributed by atoms with E-state index in [1.165, 1.54) is 12.7 Å². The average molecular weight is 353 g/mol. The van der Waals surface area contributed by atoms with Crippen LogP contribution in [0, 0.1) is 0 Å². The second-order valence-corrected chi connectivity index (χ2v) is 7.14. The molecule has 1 spiro atoms. The second-order valence-electron chi connectivity index (χ2n) is 7.14. The molecule has 1 amide bonds. The minimum Gasteiger partial charge on any atom is -0.504 e. The molecule has 0 aliphatic carbocycles. The molecule has 2 aliphatic heterocycles. The highest BCUT2D eigenvalue weighted by molar-refractivity contribution is 5.79. The molecule has 2 aliphatic rings. The van der Waals surface area contributed by atoms with E-state index in [0.29, 0.717) is 18.7 Å². The summed E-state index contributed by atoms with van der Waals surface area (Å²) in [5.74, 6) is 1.51. The molecule has 26 heavy (non-hydrogen) atoms. The molecule has 1 atom stereocenters. The number of para-hydroxylation sites is 1. The number of likely N-dealkylation sites (tertiary alicyclic amines) is 1. The molecule has 1 fully saturated rings. The molecule has 1 saturated heterocycles. The van der Waals surface area contributed by atoms with Crippen LogP contribution in [0.15, 0.2) is 42.5 Å². The van der Waals surface area contributed by atoms with Gasteiger partial charge in [-0.05, 0) is 42.2 Å². The lowest BCUT2D eigenvalue weighted by Crippen LogP contribution is -2.43. The van der Waals surface area contributed by atoms with Crippen molar-refractivity contribution >= 4 is 5.91 Å². The molecule has 1 N–H and O–H groups in total. The molecule has 0 unspecified atom stereocenters. The number of hydrogen-bond donors (Lipinski definition) is 1. The summed E-state index contributed by atoms with van der Waals surface area (Å²) in [5, 5.41) is 9.69. The van der Waals surface area contributed by atoms with E-state index in [0.717, 1.165) is 37.1 Å². The summed E-state index contributed by atoms with van der Waals surface area (Å²) in [7, 11) is 1.50. The van der Waals surface area contributed by atoms with E-state index in [-0.39, 0.29) is 17.3 Å². The van der Waals surface area contributed by atoms with E-state index in [9.17, 15) is 9.90 Å². The van der Waals surface area contributed by atoms with E-state index in [4.69, 9.17) is 9.47 Å². The van der Waals surface area contributed by atoms with Crippen molar-refractivity contribution in [2.45, 2.75) is 31.3 Å². The number of hydrogen-bond acceptors (Lipinski definition) is 4. The maximum atomic E-state index is 12.7. The molecule has 5 nitrogen and oxygen atoms in total. The normalized spacial score (nSPS) is 21.3. The van der Waals surface area contributed by atoms with Crippen LogP contribution in [0.25, 0.3) is 0 Å². The van der Waals surface area contributed by atoms with Crippen molar-refractivity contribution in [3.05, 3.63) is 53.6 Å². The third-order valence-corrected chi connectivity index (χ3v) is 5.42. The first-order valence-electron chi connectivity index (χ1n) is 8.99. The Balaban J connectivity index is 1.43. The Kier molecular flexibility index (Phi) is 4.23. The summed E-state index contributed by atoms with van der Waals surface area (Å²) in [6.07, 6.45) is 3.10. The molecule has 2 heterocycles. The number of phenols is 1. The number of methoxy groups -OCH3 is 1. The molecular weight excluding hydrogens is 330 g/mol. The summed E-state index contributed by atoms with van der Waals surface area (Å²) >= 11 is 0. The number of fused-ring (bicyclic) bond motifs is 1. The maximum Gasteiger partial charge on any atom is 0.227 e. The first kappa shape index (κ1) is 16.8. The van der Waals surface area contributed by atoms with E-state index < -0.39 is 0 Å². The summed E-state index contributed by atoms with van der Waals surface area (Å²) in [5.41, 5.74) is 1.83. The van der Waals surface area contributed by atoms with Gasteiger partial charge in [-0.25, -0.2) is 0 Å². The van der Waals surface area contributed by atoms with Crippen molar-refractivity contribution in [3.8, 4) is 17.2 Å². The van der Waals surface area contributed by atoms with Crippen molar-refractivity contribution in [2.24, 2.45) is 0 Å². The zero-order valence-electron chi connectivity index (χ0n) is 14.9. The number of rotatable bonds is 3. The Morgan fingerprint density at radius 3 is 2.96 bits per heavy atom. The predicted molar refractivity (Wildman–Crippen MR) is 97.7 cm³/mol. The van der Waals surface area contributed by atoms with Crippen LogP contribution >= 0.6 is 0 Å². The SMILES string of the molecule is COc1cc(CC(=O)N2CC[C@]3(CCc4ccccc4O3)C2)ccc1O. The Labute approximate surface area is 153 Å². The van der Waals surface area contributed by atoms with E-state index >= 15 is 0 Å². The topological polar surface area (TPSA) is 59.0 Å². The Morgan fingerprint density at radius 2 is 2.12 bits per heavy atom. The van der Waals surface area contributed by atoms with Gasteiger partial charge in [-0.2, -0.15) is 0 Å². The highest BCUT2D eigenvalue weighted by atomic mass is 16.5. The first-order valence-corrected chi connectivity index (χ1v) is 8.99. The molecule has 0 radical (unpaired) electrons. The third kappa shape index (κ3) is 3.09.